The summed E-state index contributed by atoms with van der Waals surface area (Å²) in [6, 6.07) is 11.4. The summed E-state index contributed by atoms with van der Waals surface area (Å²) in [5, 5.41) is 11.8. The van der Waals surface area contributed by atoms with Crippen molar-refractivity contribution >= 4 is 5.96 Å². The van der Waals surface area contributed by atoms with Gasteiger partial charge in [0.1, 0.15) is 0 Å². The number of rotatable bonds is 6. The van der Waals surface area contributed by atoms with E-state index in [0.29, 0.717) is 18.6 Å². The number of aliphatic imine (C=N–C) groups is 1. The molecule has 1 aromatic carbocycles. The summed E-state index contributed by atoms with van der Waals surface area (Å²) in [6.07, 6.45) is 2.32. The number of nitrogens with one attached hydrogen (secondary N) is 2. The summed E-state index contributed by atoms with van der Waals surface area (Å²) in [4.78, 5) is 7.44. The molecule has 6 nitrogen and oxygen atoms in total. The summed E-state index contributed by atoms with van der Waals surface area (Å²) in [6.45, 7) is 14.6. The van der Waals surface area contributed by atoms with Crippen LogP contribution in [0.3, 0.4) is 0 Å². The molecule has 0 bridgehead atoms. The third-order valence-corrected chi connectivity index (χ3v) is 5.78. The van der Waals surface area contributed by atoms with Crippen LogP contribution in [0.4, 0.5) is 0 Å². The summed E-state index contributed by atoms with van der Waals surface area (Å²) in [5.74, 6) is 0.904. The average Bonchev–Trinajstić information content (AvgIpc) is 3.01. The molecule has 1 aliphatic heterocycles. The standard InChI is InChI=1S/C23H36N6/c1-6-24-23(26-20-12-14-28(15-13-20)17(2)3)25-16-22-18(4)27-29(19(22)5)21-10-8-7-9-11-21/h7-11,17,20H,6,12-16H2,1-5H3,(H2,24,25,26). The van der Waals surface area contributed by atoms with Crippen LogP contribution in [-0.2, 0) is 6.54 Å². The van der Waals surface area contributed by atoms with Gasteiger partial charge in [0.2, 0.25) is 0 Å². The van der Waals surface area contributed by atoms with Gasteiger partial charge in [-0.25, -0.2) is 9.67 Å². The van der Waals surface area contributed by atoms with E-state index in [1.807, 2.05) is 22.9 Å². The van der Waals surface area contributed by atoms with Gasteiger partial charge in [-0.3, -0.25) is 0 Å². The number of aryl methyl sites for hydroxylation is 1. The smallest absolute Gasteiger partial charge is 0.191 e. The van der Waals surface area contributed by atoms with Crippen molar-refractivity contribution in [1.29, 1.82) is 0 Å². The zero-order valence-corrected chi connectivity index (χ0v) is 18.6. The molecule has 0 saturated carbocycles. The molecule has 158 valence electrons. The van der Waals surface area contributed by atoms with Gasteiger partial charge in [-0.2, -0.15) is 5.10 Å². The zero-order valence-electron chi connectivity index (χ0n) is 18.6. The monoisotopic (exact) mass is 396 g/mol. The van der Waals surface area contributed by atoms with E-state index in [1.165, 1.54) is 5.56 Å². The highest BCUT2D eigenvalue weighted by Gasteiger charge is 2.21. The van der Waals surface area contributed by atoms with Gasteiger partial charge in [-0.1, -0.05) is 18.2 Å². The molecule has 2 heterocycles. The second-order valence-electron chi connectivity index (χ2n) is 8.14. The van der Waals surface area contributed by atoms with Crippen molar-refractivity contribution in [1.82, 2.24) is 25.3 Å². The van der Waals surface area contributed by atoms with Crippen LogP contribution in [0.1, 0.15) is 50.6 Å². The van der Waals surface area contributed by atoms with Crippen LogP contribution in [0.15, 0.2) is 35.3 Å². The topological polar surface area (TPSA) is 57.5 Å². The number of piperidine rings is 1. The lowest BCUT2D eigenvalue weighted by Crippen LogP contribution is -2.49. The molecule has 0 aliphatic carbocycles. The van der Waals surface area contributed by atoms with Crippen LogP contribution < -0.4 is 10.6 Å². The van der Waals surface area contributed by atoms with Crippen molar-refractivity contribution in [3.05, 3.63) is 47.3 Å². The largest absolute Gasteiger partial charge is 0.357 e. The first-order chi connectivity index (χ1) is 14.0. The molecule has 1 aromatic heterocycles. The maximum atomic E-state index is 4.89. The predicted molar refractivity (Wildman–Crippen MR) is 121 cm³/mol. The Labute approximate surface area is 175 Å². The molecule has 1 aliphatic rings. The Balaban J connectivity index is 1.69. The summed E-state index contributed by atoms with van der Waals surface area (Å²) in [5.41, 5.74) is 4.47. The van der Waals surface area contributed by atoms with Gasteiger partial charge in [0, 0.05) is 43.0 Å². The van der Waals surface area contributed by atoms with Crippen molar-refractivity contribution in [3.63, 3.8) is 0 Å². The molecule has 0 unspecified atom stereocenters. The molecular weight excluding hydrogens is 360 g/mol. The fourth-order valence-corrected chi connectivity index (χ4v) is 3.96. The van der Waals surface area contributed by atoms with Gasteiger partial charge in [-0.15, -0.1) is 0 Å². The zero-order chi connectivity index (χ0) is 20.8. The van der Waals surface area contributed by atoms with E-state index >= 15 is 0 Å². The van der Waals surface area contributed by atoms with Crippen molar-refractivity contribution < 1.29 is 0 Å². The first-order valence-corrected chi connectivity index (χ1v) is 10.9. The van der Waals surface area contributed by atoms with Crippen LogP contribution in [-0.4, -0.2) is 52.4 Å². The highest BCUT2D eigenvalue weighted by atomic mass is 15.3. The van der Waals surface area contributed by atoms with E-state index in [-0.39, 0.29) is 0 Å². The average molecular weight is 397 g/mol. The lowest BCUT2D eigenvalue weighted by atomic mass is 10.0. The van der Waals surface area contributed by atoms with Gasteiger partial charge < -0.3 is 15.5 Å². The molecule has 0 atom stereocenters. The molecule has 2 aromatic rings. The van der Waals surface area contributed by atoms with E-state index < -0.39 is 0 Å². The predicted octanol–water partition coefficient (Wildman–Crippen LogP) is 3.42. The first kappa shape index (κ1) is 21.4. The molecule has 0 spiro atoms. The Morgan fingerprint density at radius 1 is 1.17 bits per heavy atom. The maximum Gasteiger partial charge on any atom is 0.191 e. The number of hydrogen-bond acceptors (Lipinski definition) is 3. The molecule has 1 saturated heterocycles. The quantitative estimate of drug-likeness (QED) is 0.580. The summed E-state index contributed by atoms with van der Waals surface area (Å²) < 4.78 is 2.02. The van der Waals surface area contributed by atoms with Crippen LogP contribution in [0, 0.1) is 13.8 Å². The number of hydrogen-bond donors (Lipinski definition) is 2. The van der Waals surface area contributed by atoms with Crippen molar-refractivity contribution in [2.45, 2.75) is 66.1 Å². The van der Waals surface area contributed by atoms with Crippen LogP contribution in [0.5, 0.6) is 0 Å². The van der Waals surface area contributed by atoms with Gasteiger partial charge in [0.15, 0.2) is 5.96 Å². The van der Waals surface area contributed by atoms with Crippen molar-refractivity contribution in [2.24, 2.45) is 4.99 Å². The lowest BCUT2D eigenvalue weighted by Gasteiger charge is -2.35. The Bertz CT molecular complexity index is 800. The van der Waals surface area contributed by atoms with Gasteiger partial charge in [0.25, 0.3) is 0 Å². The Hall–Kier alpha value is -2.34. The molecule has 3 rings (SSSR count). The van der Waals surface area contributed by atoms with Crippen LogP contribution in [0.2, 0.25) is 0 Å². The summed E-state index contributed by atoms with van der Waals surface area (Å²) in [7, 11) is 0. The second kappa shape index (κ2) is 9.92. The number of aromatic nitrogens is 2. The summed E-state index contributed by atoms with van der Waals surface area (Å²) >= 11 is 0. The minimum absolute atomic E-state index is 0.483. The maximum absolute atomic E-state index is 4.89. The Morgan fingerprint density at radius 2 is 1.86 bits per heavy atom. The van der Waals surface area contributed by atoms with Crippen LogP contribution in [0.25, 0.3) is 5.69 Å². The number of likely N-dealkylation sites (tertiary alicyclic amines) is 1. The normalized spacial score (nSPS) is 16.4. The number of nitrogens with zero attached hydrogens (tertiary/aromatic N) is 4. The van der Waals surface area contributed by atoms with E-state index in [4.69, 9.17) is 10.1 Å². The Morgan fingerprint density at radius 3 is 2.48 bits per heavy atom. The second-order valence-corrected chi connectivity index (χ2v) is 8.14. The fraction of sp³-hybridized carbons (Fsp3) is 0.565. The van der Waals surface area contributed by atoms with Gasteiger partial charge in [-0.05, 0) is 59.6 Å². The number of guanidine groups is 1. The van der Waals surface area contributed by atoms with Crippen LogP contribution >= 0.6 is 0 Å². The highest BCUT2D eigenvalue weighted by molar-refractivity contribution is 5.80. The van der Waals surface area contributed by atoms with E-state index in [1.54, 1.807) is 0 Å². The lowest BCUT2D eigenvalue weighted by molar-refractivity contribution is 0.167. The van der Waals surface area contributed by atoms with E-state index in [0.717, 1.165) is 55.5 Å². The number of benzene rings is 1. The first-order valence-electron chi connectivity index (χ1n) is 10.9. The molecule has 1 fully saturated rings. The Kier molecular flexibility index (Phi) is 7.31. The number of para-hydroxylation sites is 1. The molecule has 0 radical (unpaired) electrons. The molecule has 6 heteroatoms. The fourth-order valence-electron chi connectivity index (χ4n) is 3.96. The minimum Gasteiger partial charge on any atom is -0.357 e. The molecular formula is C23H36N6. The third kappa shape index (κ3) is 5.38. The minimum atomic E-state index is 0.483. The molecule has 2 N–H and O–H groups in total. The molecule has 0 amide bonds. The van der Waals surface area contributed by atoms with Gasteiger partial charge in [0.05, 0.1) is 17.9 Å². The van der Waals surface area contributed by atoms with E-state index in [2.05, 4.69) is 62.3 Å². The van der Waals surface area contributed by atoms with Crippen molar-refractivity contribution in [3.8, 4) is 5.69 Å². The highest BCUT2D eigenvalue weighted by Crippen LogP contribution is 2.19. The molecule has 29 heavy (non-hydrogen) atoms. The van der Waals surface area contributed by atoms with Crippen molar-refractivity contribution in [2.75, 3.05) is 19.6 Å². The SMILES string of the molecule is CCNC(=NCc1c(C)nn(-c2ccccc2)c1C)NC1CCN(C(C)C)CC1. The van der Waals surface area contributed by atoms with Gasteiger partial charge >= 0.3 is 0 Å². The third-order valence-electron chi connectivity index (χ3n) is 5.78. The van der Waals surface area contributed by atoms with E-state index in [9.17, 15) is 0 Å².